The van der Waals surface area contributed by atoms with Gasteiger partial charge in [0.1, 0.15) is 0 Å². The molecule has 24 heavy (non-hydrogen) atoms. The second-order valence-electron chi connectivity index (χ2n) is 6.88. The van der Waals surface area contributed by atoms with Crippen LogP contribution in [-0.2, 0) is 16.3 Å². The Labute approximate surface area is 160 Å². The molecule has 3 aliphatic rings. The maximum atomic E-state index is 11.6. The highest BCUT2D eigenvalue weighted by Crippen LogP contribution is 2.29. The monoisotopic (exact) mass is 461 g/mol. The highest BCUT2D eigenvalue weighted by atomic mass is 127. The van der Waals surface area contributed by atoms with E-state index in [-0.39, 0.29) is 29.9 Å². The quantitative estimate of drug-likeness (QED) is 0.426. The van der Waals surface area contributed by atoms with Gasteiger partial charge in [-0.25, -0.2) is 8.42 Å². The van der Waals surface area contributed by atoms with E-state index in [1.807, 2.05) is 0 Å². The van der Waals surface area contributed by atoms with E-state index in [0.717, 1.165) is 25.3 Å². The minimum absolute atomic E-state index is 0. The van der Waals surface area contributed by atoms with Gasteiger partial charge in [-0.05, 0) is 43.2 Å². The molecule has 2 aliphatic heterocycles. The normalized spacial score (nSPS) is 25.2. The van der Waals surface area contributed by atoms with Crippen LogP contribution in [0.4, 0.5) is 5.69 Å². The Morgan fingerprint density at radius 2 is 2.04 bits per heavy atom. The van der Waals surface area contributed by atoms with Crippen molar-refractivity contribution in [2.24, 2.45) is 10.9 Å². The zero-order valence-corrected chi connectivity index (χ0v) is 16.8. The highest BCUT2D eigenvalue weighted by molar-refractivity contribution is 14.0. The van der Waals surface area contributed by atoms with Crippen LogP contribution in [0.25, 0.3) is 0 Å². The lowest BCUT2D eigenvalue weighted by Gasteiger charge is -2.23. The number of hydrogen-bond acceptors (Lipinski definition) is 3. The van der Waals surface area contributed by atoms with E-state index in [0.29, 0.717) is 24.1 Å². The number of para-hydroxylation sites is 1. The third-order valence-electron chi connectivity index (χ3n) is 4.88. The van der Waals surface area contributed by atoms with Gasteiger partial charge < -0.3 is 10.2 Å². The Bertz CT molecular complexity index is 731. The van der Waals surface area contributed by atoms with Gasteiger partial charge in [-0.2, -0.15) is 0 Å². The molecular weight excluding hydrogens is 437 g/mol. The Morgan fingerprint density at radius 1 is 1.25 bits per heavy atom. The number of sulfone groups is 1. The summed E-state index contributed by atoms with van der Waals surface area (Å²) in [5, 5.41) is 3.54. The smallest absolute Gasteiger partial charge is 0.198 e. The van der Waals surface area contributed by atoms with Crippen LogP contribution < -0.4 is 10.2 Å². The summed E-state index contributed by atoms with van der Waals surface area (Å²) in [7, 11) is -2.83. The lowest BCUT2D eigenvalue weighted by Crippen LogP contribution is -2.42. The number of hydrogen-bond donors (Lipinski definition) is 1. The first-order valence-corrected chi connectivity index (χ1v) is 10.3. The van der Waals surface area contributed by atoms with Gasteiger partial charge in [0.05, 0.1) is 11.5 Å². The van der Waals surface area contributed by atoms with Crippen molar-refractivity contribution in [2.45, 2.75) is 31.7 Å². The van der Waals surface area contributed by atoms with Crippen molar-refractivity contribution in [3.05, 3.63) is 29.8 Å². The largest absolute Gasteiger partial charge is 0.353 e. The van der Waals surface area contributed by atoms with Crippen molar-refractivity contribution < 1.29 is 8.42 Å². The zero-order valence-electron chi connectivity index (χ0n) is 13.6. The van der Waals surface area contributed by atoms with E-state index in [4.69, 9.17) is 4.99 Å². The van der Waals surface area contributed by atoms with Crippen LogP contribution in [0.2, 0.25) is 0 Å². The van der Waals surface area contributed by atoms with Crippen LogP contribution in [0.15, 0.2) is 29.3 Å². The summed E-state index contributed by atoms with van der Waals surface area (Å²) >= 11 is 0. The van der Waals surface area contributed by atoms with E-state index in [1.54, 1.807) is 0 Å². The van der Waals surface area contributed by atoms with E-state index in [9.17, 15) is 8.42 Å². The molecule has 132 valence electrons. The maximum Gasteiger partial charge on any atom is 0.198 e. The van der Waals surface area contributed by atoms with Crippen molar-refractivity contribution in [1.29, 1.82) is 0 Å². The Morgan fingerprint density at radius 3 is 2.75 bits per heavy atom. The molecule has 7 heteroatoms. The van der Waals surface area contributed by atoms with Crippen molar-refractivity contribution in [2.75, 3.05) is 29.5 Å². The topological polar surface area (TPSA) is 61.8 Å². The van der Waals surface area contributed by atoms with Crippen LogP contribution in [-0.4, -0.2) is 45.0 Å². The molecule has 2 heterocycles. The molecule has 1 aromatic carbocycles. The fraction of sp³-hybridized carbons (Fsp3) is 0.588. The van der Waals surface area contributed by atoms with Gasteiger partial charge in [-0.1, -0.05) is 18.2 Å². The van der Waals surface area contributed by atoms with E-state index in [2.05, 4.69) is 34.5 Å². The van der Waals surface area contributed by atoms with Crippen LogP contribution in [0.5, 0.6) is 0 Å². The Hall–Kier alpha value is -0.830. The summed E-state index contributed by atoms with van der Waals surface area (Å²) < 4.78 is 23.2. The molecule has 1 atom stereocenters. The number of halogens is 1. The summed E-state index contributed by atoms with van der Waals surface area (Å²) in [4.78, 5) is 7.06. The fourth-order valence-corrected chi connectivity index (χ4v) is 5.26. The van der Waals surface area contributed by atoms with E-state index < -0.39 is 9.84 Å². The molecule has 1 aromatic rings. The van der Waals surface area contributed by atoms with Crippen LogP contribution in [0.1, 0.15) is 24.8 Å². The predicted octanol–water partition coefficient (Wildman–Crippen LogP) is 2.21. The number of nitrogens with zero attached hydrogens (tertiary/aromatic N) is 2. The van der Waals surface area contributed by atoms with Gasteiger partial charge in [0.25, 0.3) is 0 Å². The molecule has 1 unspecified atom stereocenters. The molecule has 5 nitrogen and oxygen atoms in total. The van der Waals surface area contributed by atoms with Crippen LogP contribution in [0.3, 0.4) is 0 Å². The molecule has 0 aromatic heterocycles. The lowest BCUT2D eigenvalue weighted by atomic mass is 10.1. The molecule has 0 radical (unpaired) electrons. The number of fused-ring (bicyclic) bond motifs is 1. The van der Waals surface area contributed by atoms with E-state index in [1.165, 1.54) is 24.1 Å². The minimum Gasteiger partial charge on any atom is -0.353 e. The standard InChI is InChI=1S/C17H23N3O2S.HI/c21-23(22)10-8-13(12-23)11-18-17(19-15-5-6-15)20-9-7-14-3-1-2-4-16(14)20;/h1-4,13,15H,5-12H2,(H,18,19);1H. The van der Waals surface area contributed by atoms with Crippen LogP contribution >= 0.6 is 24.0 Å². The number of benzene rings is 1. The summed E-state index contributed by atoms with van der Waals surface area (Å²) in [6, 6.07) is 9.00. The molecule has 1 aliphatic carbocycles. The molecular formula is C17H24IN3O2S. The number of anilines is 1. The number of guanidine groups is 1. The van der Waals surface area contributed by atoms with Crippen molar-refractivity contribution in [1.82, 2.24) is 5.32 Å². The first-order valence-electron chi connectivity index (χ1n) is 8.47. The number of nitrogens with one attached hydrogen (secondary N) is 1. The van der Waals surface area contributed by atoms with Gasteiger partial charge in [-0.3, -0.25) is 4.99 Å². The van der Waals surface area contributed by atoms with Crippen LogP contribution in [0, 0.1) is 5.92 Å². The van der Waals surface area contributed by atoms with Gasteiger partial charge >= 0.3 is 0 Å². The SMILES string of the molecule is I.O=S1(=O)CCC(CN=C(NC2CC2)N2CCc3ccccc32)C1. The highest BCUT2D eigenvalue weighted by Gasteiger charge is 2.30. The molecule has 0 bridgehead atoms. The predicted molar refractivity (Wildman–Crippen MR) is 108 cm³/mol. The summed E-state index contributed by atoms with van der Waals surface area (Å²) in [5.74, 6) is 1.73. The second-order valence-corrected chi connectivity index (χ2v) is 9.11. The summed E-state index contributed by atoms with van der Waals surface area (Å²) in [6.07, 6.45) is 4.19. The average molecular weight is 461 g/mol. The molecule has 2 fully saturated rings. The Balaban J connectivity index is 0.00000169. The van der Waals surface area contributed by atoms with Crippen molar-refractivity contribution in [3.63, 3.8) is 0 Å². The second kappa shape index (κ2) is 7.19. The third-order valence-corrected chi connectivity index (χ3v) is 6.72. The third kappa shape index (κ3) is 4.04. The molecule has 1 saturated heterocycles. The molecule has 1 saturated carbocycles. The number of rotatable bonds is 3. The van der Waals surface area contributed by atoms with Crippen molar-refractivity contribution >= 4 is 45.5 Å². The van der Waals surface area contributed by atoms with E-state index >= 15 is 0 Å². The number of aliphatic imine (C=N–C) groups is 1. The summed E-state index contributed by atoms with van der Waals surface area (Å²) in [5.41, 5.74) is 2.60. The first kappa shape index (κ1) is 18.0. The molecule has 1 N–H and O–H groups in total. The molecule has 0 spiro atoms. The first-order chi connectivity index (χ1) is 11.1. The zero-order chi connectivity index (χ0) is 15.9. The Kier molecular flexibility index (Phi) is 5.39. The maximum absolute atomic E-state index is 11.6. The fourth-order valence-electron chi connectivity index (χ4n) is 3.41. The molecule has 4 rings (SSSR count). The van der Waals surface area contributed by atoms with Gasteiger partial charge in [0.2, 0.25) is 0 Å². The van der Waals surface area contributed by atoms with Crippen molar-refractivity contribution in [3.8, 4) is 0 Å². The van der Waals surface area contributed by atoms with Gasteiger partial charge in [0, 0.05) is 24.8 Å². The summed E-state index contributed by atoms with van der Waals surface area (Å²) in [6.45, 7) is 1.55. The van der Waals surface area contributed by atoms with Gasteiger partial charge in [-0.15, -0.1) is 24.0 Å². The average Bonchev–Trinajstić information content (AvgIpc) is 3.13. The minimum atomic E-state index is -2.83. The lowest BCUT2D eigenvalue weighted by molar-refractivity contribution is 0.590. The van der Waals surface area contributed by atoms with Gasteiger partial charge in [0.15, 0.2) is 15.8 Å². The molecule has 0 amide bonds.